The highest BCUT2D eigenvalue weighted by atomic mass is 35.5. The Labute approximate surface area is 118 Å². The van der Waals surface area contributed by atoms with Gasteiger partial charge in [0, 0.05) is 0 Å². The molecule has 2 rings (SSSR count). The second kappa shape index (κ2) is 6.65. The van der Waals surface area contributed by atoms with Crippen LogP contribution < -0.4 is 5.32 Å². The molecule has 1 aromatic heterocycles. The number of sulfone groups is 1. The molecular weight excluding hydrogens is 297 g/mol. The molecule has 1 N–H and O–H groups in total. The molecule has 0 spiro atoms. The van der Waals surface area contributed by atoms with E-state index in [1.54, 1.807) is 0 Å². The Kier molecular flexibility index (Phi) is 5.78. The zero-order valence-electron chi connectivity index (χ0n) is 9.67. The molecule has 1 aliphatic heterocycles. The minimum Gasteiger partial charge on any atom is -0.316 e. The van der Waals surface area contributed by atoms with Crippen molar-refractivity contribution in [2.75, 3.05) is 18.8 Å². The molecule has 5 nitrogen and oxygen atoms in total. The van der Waals surface area contributed by atoms with Crippen LogP contribution in [0.2, 0.25) is 5.02 Å². The summed E-state index contributed by atoms with van der Waals surface area (Å²) in [4.78, 5) is 7.53. The number of nitrogens with zero attached hydrogens (tertiary/aromatic N) is 2. The van der Waals surface area contributed by atoms with Crippen LogP contribution in [0.25, 0.3) is 0 Å². The summed E-state index contributed by atoms with van der Waals surface area (Å²) in [5, 5.41) is 3.40. The molecule has 0 aliphatic carbocycles. The van der Waals surface area contributed by atoms with Gasteiger partial charge in [-0.25, -0.2) is 18.4 Å². The van der Waals surface area contributed by atoms with Gasteiger partial charge >= 0.3 is 0 Å². The standard InChI is InChI=1S/C10H14ClN3O2S.ClH/c11-9-5-13-10(14-6-9)17(15,16)7-8-2-1-3-12-4-8;/h5-6,8,12H,1-4,7H2;1H. The van der Waals surface area contributed by atoms with Crippen LogP contribution in [0.1, 0.15) is 12.8 Å². The van der Waals surface area contributed by atoms with E-state index < -0.39 is 9.84 Å². The van der Waals surface area contributed by atoms with Gasteiger partial charge in [-0.15, -0.1) is 12.4 Å². The third kappa shape index (κ3) is 4.05. The van der Waals surface area contributed by atoms with Crippen LogP contribution in [-0.2, 0) is 9.84 Å². The predicted molar refractivity (Wildman–Crippen MR) is 71.9 cm³/mol. The van der Waals surface area contributed by atoms with Gasteiger partial charge in [-0.1, -0.05) is 11.6 Å². The van der Waals surface area contributed by atoms with Crippen molar-refractivity contribution in [3.05, 3.63) is 17.4 Å². The molecular formula is C10H15Cl2N3O2S. The fourth-order valence-corrected chi connectivity index (χ4v) is 3.49. The van der Waals surface area contributed by atoms with Crippen molar-refractivity contribution in [3.8, 4) is 0 Å². The summed E-state index contributed by atoms with van der Waals surface area (Å²) >= 11 is 5.62. The molecule has 102 valence electrons. The van der Waals surface area contributed by atoms with Gasteiger partial charge in [-0.2, -0.15) is 0 Å². The Morgan fingerprint density at radius 2 is 2.06 bits per heavy atom. The molecule has 1 atom stereocenters. The second-order valence-electron chi connectivity index (χ2n) is 4.18. The first-order valence-corrected chi connectivity index (χ1v) is 7.52. The molecule has 1 saturated heterocycles. The van der Waals surface area contributed by atoms with Crippen LogP contribution in [0.3, 0.4) is 0 Å². The van der Waals surface area contributed by atoms with Crippen molar-refractivity contribution in [1.82, 2.24) is 15.3 Å². The molecule has 18 heavy (non-hydrogen) atoms. The molecule has 2 heterocycles. The van der Waals surface area contributed by atoms with Crippen LogP contribution in [0.4, 0.5) is 0 Å². The lowest BCUT2D eigenvalue weighted by atomic mass is 10.0. The summed E-state index contributed by atoms with van der Waals surface area (Å²) in [6.45, 7) is 1.71. The Morgan fingerprint density at radius 1 is 1.39 bits per heavy atom. The monoisotopic (exact) mass is 311 g/mol. The van der Waals surface area contributed by atoms with E-state index in [0.717, 1.165) is 25.9 Å². The van der Waals surface area contributed by atoms with Crippen LogP contribution >= 0.6 is 24.0 Å². The van der Waals surface area contributed by atoms with Crippen LogP contribution in [-0.4, -0.2) is 37.2 Å². The van der Waals surface area contributed by atoms with Crippen LogP contribution in [0.5, 0.6) is 0 Å². The second-order valence-corrected chi connectivity index (χ2v) is 6.54. The van der Waals surface area contributed by atoms with Gasteiger partial charge < -0.3 is 5.32 Å². The summed E-state index contributed by atoms with van der Waals surface area (Å²) < 4.78 is 24.0. The Bertz CT molecular complexity index is 472. The summed E-state index contributed by atoms with van der Waals surface area (Å²) in [6.07, 6.45) is 4.56. The largest absolute Gasteiger partial charge is 0.316 e. The molecule has 0 radical (unpaired) electrons. The molecule has 0 bridgehead atoms. The number of piperidine rings is 1. The summed E-state index contributed by atoms with van der Waals surface area (Å²) in [5.74, 6) is 0.245. The first-order valence-electron chi connectivity index (χ1n) is 5.49. The molecule has 8 heteroatoms. The van der Waals surface area contributed by atoms with Gasteiger partial charge in [0.25, 0.3) is 0 Å². The Hall–Kier alpha value is -0.430. The van der Waals surface area contributed by atoms with Crippen molar-refractivity contribution in [2.45, 2.75) is 18.0 Å². The number of nitrogens with one attached hydrogen (secondary N) is 1. The van der Waals surface area contributed by atoms with Crippen molar-refractivity contribution < 1.29 is 8.42 Å². The lowest BCUT2D eigenvalue weighted by Crippen LogP contribution is -2.34. The van der Waals surface area contributed by atoms with Crippen molar-refractivity contribution >= 4 is 33.8 Å². The minimum atomic E-state index is -3.40. The third-order valence-corrected chi connectivity index (χ3v) is 4.60. The maximum atomic E-state index is 12.0. The highest BCUT2D eigenvalue weighted by Crippen LogP contribution is 2.16. The maximum absolute atomic E-state index is 12.0. The van der Waals surface area contributed by atoms with Gasteiger partial charge in [0.1, 0.15) is 0 Å². The zero-order chi connectivity index (χ0) is 12.3. The van der Waals surface area contributed by atoms with Crippen molar-refractivity contribution in [3.63, 3.8) is 0 Å². The minimum absolute atomic E-state index is 0. The van der Waals surface area contributed by atoms with E-state index >= 15 is 0 Å². The van der Waals surface area contributed by atoms with Crippen LogP contribution in [0.15, 0.2) is 17.6 Å². The molecule has 0 saturated carbocycles. The van der Waals surface area contributed by atoms with Crippen molar-refractivity contribution in [2.24, 2.45) is 5.92 Å². The Morgan fingerprint density at radius 3 is 2.61 bits per heavy atom. The molecule has 1 aliphatic rings. The van der Waals surface area contributed by atoms with Gasteiger partial charge in [0.2, 0.25) is 15.0 Å². The quantitative estimate of drug-likeness (QED) is 0.853. The topological polar surface area (TPSA) is 72.0 Å². The molecule has 1 fully saturated rings. The number of rotatable bonds is 3. The van der Waals surface area contributed by atoms with E-state index in [2.05, 4.69) is 15.3 Å². The fourth-order valence-electron chi connectivity index (χ4n) is 1.91. The fraction of sp³-hybridized carbons (Fsp3) is 0.600. The van der Waals surface area contributed by atoms with E-state index in [0.29, 0.717) is 5.02 Å². The first kappa shape index (κ1) is 15.6. The normalized spacial score (nSPS) is 20.2. The summed E-state index contributed by atoms with van der Waals surface area (Å²) in [6, 6.07) is 0. The predicted octanol–water partition coefficient (Wildman–Crippen LogP) is 1.33. The molecule has 0 aromatic carbocycles. The van der Waals surface area contributed by atoms with E-state index in [-0.39, 0.29) is 29.2 Å². The first-order chi connectivity index (χ1) is 8.08. The van der Waals surface area contributed by atoms with E-state index in [9.17, 15) is 8.42 Å². The van der Waals surface area contributed by atoms with Gasteiger partial charge in [-0.05, 0) is 31.8 Å². The smallest absolute Gasteiger partial charge is 0.247 e. The lowest BCUT2D eigenvalue weighted by molar-refractivity contribution is 0.403. The molecule has 1 unspecified atom stereocenters. The number of halogens is 2. The number of aromatic nitrogens is 2. The molecule has 0 amide bonds. The van der Waals surface area contributed by atoms with E-state index in [4.69, 9.17) is 11.6 Å². The highest BCUT2D eigenvalue weighted by Gasteiger charge is 2.24. The zero-order valence-corrected chi connectivity index (χ0v) is 12.1. The molecule has 1 aromatic rings. The Balaban J connectivity index is 0.00000162. The summed E-state index contributed by atoms with van der Waals surface area (Å²) in [7, 11) is -3.40. The van der Waals surface area contributed by atoms with E-state index in [1.165, 1.54) is 12.4 Å². The lowest BCUT2D eigenvalue weighted by Gasteiger charge is -2.21. The average molecular weight is 312 g/mol. The van der Waals surface area contributed by atoms with Gasteiger partial charge in [-0.3, -0.25) is 0 Å². The van der Waals surface area contributed by atoms with Crippen LogP contribution in [0, 0.1) is 5.92 Å². The SMILES string of the molecule is Cl.O=S(=O)(CC1CCCNC1)c1ncc(Cl)cn1. The van der Waals surface area contributed by atoms with Crippen molar-refractivity contribution in [1.29, 1.82) is 0 Å². The highest BCUT2D eigenvalue weighted by molar-refractivity contribution is 7.91. The van der Waals surface area contributed by atoms with Gasteiger partial charge in [0.15, 0.2) is 0 Å². The van der Waals surface area contributed by atoms with Gasteiger partial charge in [0.05, 0.1) is 23.2 Å². The van der Waals surface area contributed by atoms with E-state index in [1.807, 2.05) is 0 Å². The third-order valence-electron chi connectivity index (χ3n) is 2.73. The average Bonchev–Trinajstić information content (AvgIpc) is 2.30. The number of hydrogen-bond acceptors (Lipinski definition) is 5. The summed E-state index contributed by atoms with van der Waals surface area (Å²) in [5.41, 5.74) is 0. The number of hydrogen-bond donors (Lipinski definition) is 1. The maximum Gasteiger partial charge on any atom is 0.247 e.